The van der Waals surface area contributed by atoms with E-state index < -0.39 is 29.6 Å². The van der Waals surface area contributed by atoms with Crippen LogP contribution in [0.2, 0.25) is 0 Å². The van der Waals surface area contributed by atoms with Crippen molar-refractivity contribution in [3.63, 3.8) is 0 Å². The van der Waals surface area contributed by atoms with Crippen LogP contribution in [0.5, 0.6) is 0 Å². The molecule has 1 unspecified atom stereocenters. The molecule has 9 nitrogen and oxygen atoms in total. The summed E-state index contributed by atoms with van der Waals surface area (Å²) in [6.07, 6.45) is 0.254. The van der Waals surface area contributed by atoms with Crippen LogP contribution in [0.25, 0.3) is 0 Å². The third-order valence-electron chi connectivity index (χ3n) is 5.80. The highest BCUT2D eigenvalue weighted by atomic mass is 19.1. The molecule has 190 valence electrons. The lowest BCUT2D eigenvalue weighted by Crippen LogP contribution is -2.54. The van der Waals surface area contributed by atoms with Crippen LogP contribution in [0.4, 0.5) is 4.39 Å². The topological polar surface area (TPSA) is 111 Å². The van der Waals surface area contributed by atoms with Gasteiger partial charge in [-0.3, -0.25) is 24.5 Å². The summed E-state index contributed by atoms with van der Waals surface area (Å²) in [5.41, 5.74) is 3.27. The second-order valence-corrected chi connectivity index (χ2v) is 8.32. The van der Waals surface area contributed by atoms with Crippen molar-refractivity contribution in [1.29, 1.82) is 0 Å². The van der Waals surface area contributed by atoms with Gasteiger partial charge in [0.15, 0.2) is 6.04 Å². The molecule has 0 bridgehead atoms. The molecule has 2 aromatic rings. The van der Waals surface area contributed by atoms with Gasteiger partial charge < -0.3 is 15.0 Å². The minimum Gasteiger partial charge on any atom is -0.376 e. The number of likely N-dealkylation sites (tertiary alicyclic amines) is 1. The van der Waals surface area contributed by atoms with Gasteiger partial charge in [0, 0.05) is 51.5 Å². The molecule has 1 fully saturated rings. The van der Waals surface area contributed by atoms with Gasteiger partial charge in [-0.15, -0.1) is 0 Å². The maximum Gasteiger partial charge on any atom is 0.275 e. The van der Waals surface area contributed by atoms with Gasteiger partial charge in [0.2, 0.25) is 0 Å². The highest BCUT2D eigenvalue weighted by molar-refractivity contribution is 6.08. The Kier molecular flexibility index (Phi) is 9.13. The van der Waals surface area contributed by atoms with Crippen LogP contribution in [-0.4, -0.2) is 78.7 Å². The molecule has 0 radical (unpaired) electrons. The van der Waals surface area contributed by atoms with E-state index in [2.05, 4.69) is 22.1 Å². The zero-order valence-corrected chi connectivity index (χ0v) is 20.4. The molecule has 2 aromatic carbocycles. The first-order valence-electron chi connectivity index (χ1n) is 11.4. The minimum atomic E-state index is -1.55. The summed E-state index contributed by atoms with van der Waals surface area (Å²) in [4.78, 5) is 39.7. The molecule has 0 spiro atoms. The van der Waals surface area contributed by atoms with E-state index in [9.17, 15) is 18.8 Å². The molecule has 1 saturated heterocycles. The second kappa shape index (κ2) is 12.3. The molecule has 3 N–H and O–H groups in total. The summed E-state index contributed by atoms with van der Waals surface area (Å²) in [5.74, 6) is 2.87. The van der Waals surface area contributed by atoms with Crippen molar-refractivity contribution in [1.82, 2.24) is 20.6 Å². The molecule has 0 aromatic heterocycles. The molecule has 1 aliphatic heterocycles. The number of hydrogen-bond donors (Lipinski definition) is 3. The molecule has 1 heterocycles. The Morgan fingerprint density at radius 1 is 1.17 bits per heavy atom. The third kappa shape index (κ3) is 6.46. The number of ether oxygens (including phenoxy) is 1. The van der Waals surface area contributed by atoms with Crippen LogP contribution in [0.3, 0.4) is 0 Å². The molecule has 0 saturated carbocycles. The van der Waals surface area contributed by atoms with E-state index in [-0.39, 0.29) is 17.2 Å². The Balaban J connectivity index is 1.64. The minimum absolute atomic E-state index is 0.204. The largest absolute Gasteiger partial charge is 0.376 e. The number of carbonyl (C=O) groups is 3. The fourth-order valence-corrected chi connectivity index (χ4v) is 3.83. The zero-order chi connectivity index (χ0) is 26.2. The average molecular weight is 497 g/mol. The Morgan fingerprint density at radius 3 is 2.44 bits per heavy atom. The lowest BCUT2D eigenvalue weighted by Gasteiger charge is -2.38. The molecule has 1 aliphatic rings. The number of rotatable bonds is 8. The molecular weight excluding hydrogens is 467 g/mol. The number of nitrogens with one attached hydrogen (secondary N) is 2. The van der Waals surface area contributed by atoms with Crippen LogP contribution >= 0.6 is 0 Å². The van der Waals surface area contributed by atoms with Crippen LogP contribution in [0, 0.1) is 17.7 Å². The predicted molar refractivity (Wildman–Crippen MR) is 129 cm³/mol. The van der Waals surface area contributed by atoms with Gasteiger partial charge in [0.05, 0.1) is 11.7 Å². The Morgan fingerprint density at radius 2 is 1.86 bits per heavy atom. The number of benzene rings is 2. The average Bonchev–Trinajstić information content (AvgIpc) is 2.86. The van der Waals surface area contributed by atoms with Crippen LogP contribution in [-0.2, 0) is 20.9 Å². The number of likely N-dealkylation sites (N-methyl/N-ethyl adjacent to an activating group) is 2. The monoisotopic (exact) mass is 496 g/mol. The van der Waals surface area contributed by atoms with Gasteiger partial charge in [-0.1, -0.05) is 17.9 Å². The lowest BCUT2D eigenvalue weighted by molar-refractivity contribution is -0.140. The summed E-state index contributed by atoms with van der Waals surface area (Å²) < 4.78 is 20.1. The van der Waals surface area contributed by atoms with Crippen molar-refractivity contribution in [2.75, 3.05) is 33.8 Å². The first-order valence-corrected chi connectivity index (χ1v) is 11.4. The van der Waals surface area contributed by atoms with E-state index in [1.165, 1.54) is 37.8 Å². The number of nitrogens with zero attached hydrogens (tertiary/aromatic N) is 2. The molecule has 3 amide bonds. The number of carbonyl (C=O) groups excluding carboxylic acids is 3. The number of hydrogen-bond acceptors (Lipinski definition) is 6. The van der Waals surface area contributed by atoms with Crippen LogP contribution in [0.15, 0.2) is 42.5 Å². The van der Waals surface area contributed by atoms with E-state index in [0.717, 1.165) is 23.6 Å². The quantitative estimate of drug-likeness (QED) is 0.219. The van der Waals surface area contributed by atoms with Crippen molar-refractivity contribution in [2.45, 2.75) is 25.6 Å². The van der Waals surface area contributed by atoms with Crippen molar-refractivity contribution >= 4 is 17.7 Å². The highest BCUT2D eigenvalue weighted by Gasteiger charge is 2.33. The molecule has 3 rings (SSSR count). The van der Waals surface area contributed by atoms with Crippen LogP contribution < -0.4 is 10.8 Å². The Labute approximate surface area is 209 Å². The van der Waals surface area contributed by atoms with Gasteiger partial charge in [0.1, 0.15) is 5.82 Å². The first-order chi connectivity index (χ1) is 17.3. The van der Waals surface area contributed by atoms with Gasteiger partial charge in [-0.25, -0.2) is 9.87 Å². The van der Waals surface area contributed by atoms with Crippen molar-refractivity contribution < 1.29 is 28.7 Å². The molecule has 36 heavy (non-hydrogen) atoms. The summed E-state index contributed by atoms with van der Waals surface area (Å²) in [6, 6.07) is 9.58. The summed E-state index contributed by atoms with van der Waals surface area (Å²) in [7, 11) is 2.59. The van der Waals surface area contributed by atoms with Gasteiger partial charge >= 0.3 is 0 Å². The second-order valence-electron chi connectivity index (χ2n) is 8.32. The van der Waals surface area contributed by atoms with E-state index in [1.54, 1.807) is 18.2 Å². The van der Waals surface area contributed by atoms with Gasteiger partial charge in [-0.05, 0) is 48.9 Å². The fraction of sp³-hybridized carbons (Fsp3) is 0.346. The smallest absolute Gasteiger partial charge is 0.275 e. The predicted octanol–water partition coefficient (Wildman–Crippen LogP) is 1.14. The highest BCUT2D eigenvalue weighted by Crippen LogP contribution is 2.18. The van der Waals surface area contributed by atoms with E-state index >= 15 is 0 Å². The van der Waals surface area contributed by atoms with Gasteiger partial charge in [-0.2, -0.15) is 0 Å². The van der Waals surface area contributed by atoms with E-state index in [0.29, 0.717) is 18.7 Å². The maximum atomic E-state index is 14.6. The van der Waals surface area contributed by atoms with Gasteiger partial charge in [0.25, 0.3) is 17.7 Å². The third-order valence-corrected chi connectivity index (χ3v) is 5.80. The van der Waals surface area contributed by atoms with Crippen molar-refractivity contribution in [3.8, 4) is 11.8 Å². The zero-order valence-electron chi connectivity index (χ0n) is 20.4. The first kappa shape index (κ1) is 26.8. The van der Waals surface area contributed by atoms with Crippen molar-refractivity contribution in [2.24, 2.45) is 0 Å². The standard InChI is InChI=1S/C26H29FN4O5/c1-4-36-21-15-31(16-21)14-18-8-10-19(22(27)13-18)9-5-17-6-11-20(12-7-17)26(34)30(3)23(24(32)28-2)25(33)29-35/h6-8,10-13,21,23,35H,4,14-16H2,1-3H3,(H,28,32)(H,29,33). The Bertz CT molecular complexity index is 1150. The molecular formula is C26H29FN4O5. The normalized spacial score (nSPS) is 14.1. The SMILES string of the molecule is CCOC1CN(Cc2ccc(C#Cc3ccc(C(=O)N(C)C(C(=O)NC)C(=O)NO)cc3)c(F)c2)C1. The number of halogens is 1. The summed E-state index contributed by atoms with van der Waals surface area (Å²) in [6.45, 7) is 4.99. The number of amides is 3. The van der Waals surface area contributed by atoms with Crippen molar-refractivity contribution in [3.05, 3.63) is 70.5 Å². The number of hydroxylamine groups is 1. The Hall–Kier alpha value is -3.78. The van der Waals surface area contributed by atoms with E-state index in [4.69, 9.17) is 9.94 Å². The molecule has 1 atom stereocenters. The fourth-order valence-electron chi connectivity index (χ4n) is 3.83. The lowest BCUT2D eigenvalue weighted by atomic mass is 10.1. The maximum absolute atomic E-state index is 14.6. The molecule has 0 aliphatic carbocycles. The summed E-state index contributed by atoms with van der Waals surface area (Å²) >= 11 is 0. The summed E-state index contributed by atoms with van der Waals surface area (Å²) in [5, 5.41) is 11.2. The molecule has 10 heteroatoms. The van der Waals surface area contributed by atoms with Crippen LogP contribution in [0.1, 0.15) is 34.0 Å². The van der Waals surface area contributed by atoms with E-state index in [1.807, 2.05) is 13.0 Å².